The zero-order valence-electron chi connectivity index (χ0n) is 6.31. The number of rotatable bonds is 1. The van der Waals surface area contributed by atoms with Gasteiger partial charge in [-0.3, -0.25) is 9.36 Å². The number of hydrogen-bond donors (Lipinski definition) is 1. The van der Waals surface area contributed by atoms with Crippen LogP contribution in [0.3, 0.4) is 0 Å². The summed E-state index contributed by atoms with van der Waals surface area (Å²) in [5.41, 5.74) is 0.0462. The van der Waals surface area contributed by atoms with Crippen LogP contribution >= 0.6 is 11.8 Å². The first-order valence-corrected chi connectivity index (χ1v) is 4.56. The molecule has 1 atom stereocenters. The second-order valence-corrected chi connectivity index (χ2v) is 3.39. The molecular formula is C8H8N2OS. The Kier molecular flexibility index (Phi) is 1.91. The first-order valence-electron chi connectivity index (χ1n) is 3.61. The summed E-state index contributed by atoms with van der Waals surface area (Å²) in [6.07, 6.45) is 3.62. The summed E-state index contributed by atoms with van der Waals surface area (Å²) in [5.74, 6) is 0. The molecule has 0 aliphatic carbocycles. The van der Waals surface area contributed by atoms with Crippen LogP contribution < -0.4 is 10.9 Å². The largest absolute Gasteiger partial charge is 0.362 e. The van der Waals surface area contributed by atoms with E-state index in [1.165, 1.54) is 0 Å². The van der Waals surface area contributed by atoms with Crippen LogP contribution in [-0.2, 0) is 0 Å². The molecule has 0 saturated heterocycles. The molecule has 4 heteroatoms. The quantitative estimate of drug-likeness (QED) is 0.703. The van der Waals surface area contributed by atoms with E-state index in [-0.39, 0.29) is 11.1 Å². The smallest absolute Gasteiger partial charge is 0.252 e. The Balaban J connectivity index is 2.34. The van der Waals surface area contributed by atoms with Crippen LogP contribution in [-0.4, -0.2) is 4.57 Å². The van der Waals surface area contributed by atoms with Gasteiger partial charge in [0.25, 0.3) is 5.56 Å². The van der Waals surface area contributed by atoms with E-state index in [0.717, 1.165) is 0 Å². The Labute approximate surface area is 74.1 Å². The molecule has 0 radical (unpaired) electrons. The number of pyridine rings is 1. The predicted octanol–water partition coefficient (Wildman–Crippen LogP) is 1.11. The van der Waals surface area contributed by atoms with Crippen molar-refractivity contribution in [2.75, 3.05) is 0 Å². The fraction of sp³-hybridized carbons (Fsp3) is 0.125. The van der Waals surface area contributed by atoms with E-state index in [4.69, 9.17) is 0 Å². The second kappa shape index (κ2) is 3.06. The van der Waals surface area contributed by atoms with Crippen LogP contribution in [0.2, 0.25) is 0 Å². The van der Waals surface area contributed by atoms with Gasteiger partial charge in [-0.05, 0) is 11.5 Å². The lowest BCUT2D eigenvalue weighted by molar-refractivity contribution is 0.610. The molecule has 1 aliphatic rings. The normalized spacial score (nSPS) is 20.8. The lowest BCUT2D eigenvalue weighted by atomic mass is 10.5. The summed E-state index contributed by atoms with van der Waals surface area (Å²) in [6.45, 7) is 0. The Morgan fingerprint density at radius 1 is 1.50 bits per heavy atom. The van der Waals surface area contributed by atoms with Gasteiger partial charge in [-0.2, -0.15) is 0 Å². The van der Waals surface area contributed by atoms with Gasteiger partial charge < -0.3 is 5.32 Å². The van der Waals surface area contributed by atoms with Crippen molar-refractivity contribution >= 4 is 11.8 Å². The van der Waals surface area contributed by atoms with Gasteiger partial charge in [-0.1, -0.05) is 17.8 Å². The molecule has 1 aromatic heterocycles. The highest BCUT2D eigenvalue weighted by atomic mass is 32.2. The highest BCUT2D eigenvalue weighted by Gasteiger charge is 2.11. The Morgan fingerprint density at radius 2 is 2.42 bits per heavy atom. The average Bonchev–Trinajstić information content (AvgIpc) is 2.57. The Morgan fingerprint density at radius 3 is 3.08 bits per heavy atom. The zero-order chi connectivity index (χ0) is 8.39. The molecule has 2 heterocycles. The molecule has 1 unspecified atom stereocenters. The van der Waals surface area contributed by atoms with Gasteiger partial charge in [0.05, 0.1) is 0 Å². The van der Waals surface area contributed by atoms with Gasteiger partial charge in [0.2, 0.25) is 0 Å². The van der Waals surface area contributed by atoms with Crippen LogP contribution in [0.15, 0.2) is 40.8 Å². The maximum absolute atomic E-state index is 11.3. The highest BCUT2D eigenvalue weighted by molar-refractivity contribution is 8.02. The molecule has 3 nitrogen and oxygen atoms in total. The van der Waals surface area contributed by atoms with Crippen LogP contribution in [0.25, 0.3) is 0 Å². The molecular weight excluding hydrogens is 172 g/mol. The van der Waals surface area contributed by atoms with Crippen LogP contribution in [0.5, 0.6) is 0 Å². The van der Waals surface area contributed by atoms with E-state index in [0.29, 0.717) is 0 Å². The van der Waals surface area contributed by atoms with Crippen molar-refractivity contribution in [1.82, 2.24) is 9.88 Å². The summed E-state index contributed by atoms with van der Waals surface area (Å²) >= 11 is 1.58. The number of thioether (sulfide) groups is 1. The highest BCUT2D eigenvalue weighted by Crippen LogP contribution is 2.23. The molecule has 1 aromatic rings. The summed E-state index contributed by atoms with van der Waals surface area (Å²) in [6, 6.07) is 5.15. The first kappa shape index (κ1) is 7.49. The standard InChI is InChI=1S/C8H8N2OS/c11-7-3-1-2-5-10(7)8-9-4-6-12-8/h1-6,8-9H. The lowest BCUT2D eigenvalue weighted by Crippen LogP contribution is -2.26. The molecule has 0 saturated carbocycles. The van der Waals surface area contributed by atoms with Crippen LogP contribution in [0, 0.1) is 0 Å². The molecule has 1 N–H and O–H groups in total. The first-order chi connectivity index (χ1) is 5.88. The van der Waals surface area contributed by atoms with Gasteiger partial charge in [0, 0.05) is 18.5 Å². The van der Waals surface area contributed by atoms with Crippen molar-refractivity contribution in [3.05, 3.63) is 46.4 Å². The van der Waals surface area contributed by atoms with Gasteiger partial charge in [0.1, 0.15) is 0 Å². The maximum Gasteiger partial charge on any atom is 0.252 e. The minimum absolute atomic E-state index is 0.0196. The van der Waals surface area contributed by atoms with E-state index in [1.54, 1.807) is 34.7 Å². The summed E-state index contributed by atoms with van der Waals surface area (Å²) in [7, 11) is 0. The molecule has 0 spiro atoms. The average molecular weight is 180 g/mol. The fourth-order valence-corrected chi connectivity index (χ4v) is 1.82. The van der Waals surface area contributed by atoms with Crippen LogP contribution in [0.1, 0.15) is 5.50 Å². The molecule has 62 valence electrons. The molecule has 0 fully saturated rings. The summed E-state index contributed by atoms with van der Waals surface area (Å²) < 4.78 is 1.66. The van der Waals surface area contributed by atoms with E-state index in [2.05, 4.69) is 5.32 Å². The minimum Gasteiger partial charge on any atom is -0.362 e. The third-order valence-electron chi connectivity index (χ3n) is 1.62. The molecule has 0 amide bonds. The number of nitrogens with zero attached hydrogens (tertiary/aromatic N) is 1. The van der Waals surface area contributed by atoms with Crippen molar-refractivity contribution in [2.45, 2.75) is 5.50 Å². The number of nitrogens with one attached hydrogen (secondary N) is 1. The van der Waals surface area contributed by atoms with E-state index in [9.17, 15) is 4.79 Å². The lowest BCUT2D eigenvalue weighted by Gasteiger charge is -2.12. The zero-order valence-corrected chi connectivity index (χ0v) is 7.12. The molecule has 0 bridgehead atoms. The third-order valence-corrected chi connectivity index (χ3v) is 2.53. The van der Waals surface area contributed by atoms with E-state index < -0.39 is 0 Å². The van der Waals surface area contributed by atoms with Crippen molar-refractivity contribution < 1.29 is 0 Å². The summed E-state index contributed by atoms with van der Waals surface area (Å²) in [4.78, 5) is 11.3. The van der Waals surface area contributed by atoms with Gasteiger partial charge in [-0.15, -0.1) is 0 Å². The molecule has 1 aliphatic heterocycles. The van der Waals surface area contributed by atoms with Crippen molar-refractivity contribution in [1.29, 1.82) is 0 Å². The SMILES string of the molecule is O=c1ccccn1C1NC=CS1. The van der Waals surface area contributed by atoms with Crippen LogP contribution in [0.4, 0.5) is 0 Å². The maximum atomic E-state index is 11.3. The van der Waals surface area contributed by atoms with Gasteiger partial charge in [0.15, 0.2) is 5.50 Å². The minimum atomic E-state index is 0.0196. The Bertz CT molecular complexity index is 350. The fourth-order valence-electron chi connectivity index (χ4n) is 1.05. The second-order valence-electron chi connectivity index (χ2n) is 2.40. The molecule has 2 rings (SSSR count). The predicted molar refractivity (Wildman–Crippen MR) is 49.6 cm³/mol. The monoisotopic (exact) mass is 180 g/mol. The summed E-state index contributed by atoms with van der Waals surface area (Å²) in [5, 5.41) is 4.99. The van der Waals surface area contributed by atoms with Crippen molar-refractivity contribution in [2.24, 2.45) is 0 Å². The van der Waals surface area contributed by atoms with Crippen molar-refractivity contribution in [3.63, 3.8) is 0 Å². The third kappa shape index (κ3) is 1.25. The van der Waals surface area contributed by atoms with Gasteiger partial charge in [-0.25, -0.2) is 0 Å². The number of hydrogen-bond acceptors (Lipinski definition) is 3. The van der Waals surface area contributed by atoms with E-state index >= 15 is 0 Å². The molecule has 0 aromatic carbocycles. The topological polar surface area (TPSA) is 34.0 Å². The van der Waals surface area contributed by atoms with E-state index in [1.807, 2.05) is 17.7 Å². The molecule has 12 heavy (non-hydrogen) atoms. The van der Waals surface area contributed by atoms with Gasteiger partial charge >= 0.3 is 0 Å². The number of aromatic nitrogens is 1. The van der Waals surface area contributed by atoms with Crippen molar-refractivity contribution in [3.8, 4) is 0 Å². The Hall–Kier alpha value is -1.16.